The molecular weight excluding hydrogens is 323 g/mol. The van der Waals surface area contributed by atoms with E-state index in [-0.39, 0.29) is 6.10 Å². The molecule has 0 aliphatic heterocycles. The molecule has 0 spiro atoms. The summed E-state index contributed by atoms with van der Waals surface area (Å²) in [5.74, 6) is 0.385. The number of hydrogen-bond acceptors (Lipinski definition) is 1. The van der Waals surface area contributed by atoms with Crippen LogP contribution in [0.15, 0.2) is 60.8 Å². The summed E-state index contributed by atoms with van der Waals surface area (Å²) in [6.07, 6.45) is 31.6. The predicted molar refractivity (Wildman–Crippen MR) is 118 cm³/mol. The van der Waals surface area contributed by atoms with Crippen molar-refractivity contribution in [2.45, 2.75) is 78.2 Å². The third-order valence-corrected chi connectivity index (χ3v) is 4.43. The first kappa shape index (κ1) is 24.1. The monoisotopic (exact) mass is 362 g/mol. The molecule has 0 bridgehead atoms. The number of unbranched alkanes of at least 4 members (excludes halogenated alkanes) is 4. The average molecular weight is 363 g/mol. The minimum Gasteiger partial charge on any atom is -0.362 e. The summed E-state index contributed by atoms with van der Waals surface area (Å²) in [5.41, 5.74) is 0. The normalized spacial score (nSPS) is 15.5. The van der Waals surface area contributed by atoms with Crippen molar-refractivity contribution in [1.29, 1.82) is 0 Å². The molecule has 2 heteroatoms. The lowest BCUT2D eigenvalue weighted by Gasteiger charge is -2.17. The van der Waals surface area contributed by atoms with Crippen LogP contribution in [0.4, 0.5) is 0 Å². The molecule has 0 heterocycles. The standard InChI is InChI=1S/C23H39OP/c1-4-6-8-10-12-13-14-15-16-18-20-22(3)23(24-25)21-19-17-11-9-7-5-2/h7,9,13-20,22-23H,4-6,8,10-12,21,25H2,1-3H3/b9-7-,14-13-,16-15+,19-17-,20-18+. The van der Waals surface area contributed by atoms with Gasteiger partial charge in [0.2, 0.25) is 0 Å². The van der Waals surface area contributed by atoms with Crippen molar-refractivity contribution < 1.29 is 4.52 Å². The SMILES string of the molecule is CC/C=C\C/C=C\CC(OP)C(C)/C=C/C=C/C=C\CCCCCC. The zero-order valence-corrected chi connectivity index (χ0v) is 17.7. The quantitative estimate of drug-likeness (QED) is 0.125. The lowest BCUT2D eigenvalue weighted by molar-refractivity contribution is 0.199. The maximum Gasteiger partial charge on any atom is 0.0705 e. The van der Waals surface area contributed by atoms with Crippen LogP contribution in [0.2, 0.25) is 0 Å². The molecule has 3 atom stereocenters. The van der Waals surface area contributed by atoms with Crippen LogP contribution < -0.4 is 0 Å². The van der Waals surface area contributed by atoms with Gasteiger partial charge in [0, 0.05) is 15.4 Å². The van der Waals surface area contributed by atoms with Gasteiger partial charge in [-0.2, -0.15) is 0 Å². The van der Waals surface area contributed by atoms with Gasteiger partial charge in [0.05, 0.1) is 6.10 Å². The molecule has 0 aliphatic rings. The Balaban J connectivity index is 4.02. The molecule has 0 aliphatic carbocycles. The van der Waals surface area contributed by atoms with Gasteiger partial charge < -0.3 is 4.52 Å². The molecule has 0 aromatic carbocycles. The molecule has 25 heavy (non-hydrogen) atoms. The molecular formula is C23H39OP. The second kappa shape index (κ2) is 19.4. The van der Waals surface area contributed by atoms with Gasteiger partial charge in [-0.1, -0.05) is 101 Å². The van der Waals surface area contributed by atoms with Crippen LogP contribution in [0.5, 0.6) is 0 Å². The van der Waals surface area contributed by atoms with E-state index >= 15 is 0 Å². The second-order valence-electron chi connectivity index (χ2n) is 6.40. The first-order valence-corrected chi connectivity index (χ1v) is 10.4. The van der Waals surface area contributed by atoms with E-state index in [4.69, 9.17) is 4.52 Å². The molecule has 3 unspecified atom stereocenters. The van der Waals surface area contributed by atoms with Gasteiger partial charge in [0.15, 0.2) is 0 Å². The van der Waals surface area contributed by atoms with Gasteiger partial charge in [-0.25, -0.2) is 0 Å². The van der Waals surface area contributed by atoms with Crippen molar-refractivity contribution in [2.24, 2.45) is 5.92 Å². The van der Waals surface area contributed by atoms with Crippen LogP contribution in [-0.2, 0) is 4.52 Å². The molecule has 0 rings (SSSR count). The van der Waals surface area contributed by atoms with Crippen LogP contribution in [0.3, 0.4) is 0 Å². The van der Waals surface area contributed by atoms with Gasteiger partial charge in [-0.15, -0.1) is 0 Å². The van der Waals surface area contributed by atoms with Crippen molar-refractivity contribution in [3.8, 4) is 0 Å². The lowest BCUT2D eigenvalue weighted by Crippen LogP contribution is -2.15. The Morgan fingerprint density at radius 3 is 2.32 bits per heavy atom. The van der Waals surface area contributed by atoms with Gasteiger partial charge in [-0.05, 0) is 32.1 Å². The van der Waals surface area contributed by atoms with Crippen LogP contribution in [0.25, 0.3) is 0 Å². The third-order valence-electron chi connectivity index (χ3n) is 4.08. The first-order chi connectivity index (χ1) is 12.3. The predicted octanol–water partition coefficient (Wildman–Crippen LogP) is 7.74. The second-order valence-corrected chi connectivity index (χ2v) is 6.68. The maximum absolute atomic E-state index is 5.54. The number of allylic oxidation sites excluding steroid dienone is 8. The molecule has 0 saturated carbocycles. The van der Waals surface area contributed by atoms with E-state index in [2.05, 4.69) is 91.0 Å². The summed E-state index contributed by atoms with van der Waals surface area (Å²) in [6.45, 7) is 6.61. The largest absolute Gasteiger partial charge is 0.362 e. The van der Waals surface area contributed by atoms with Crippen LogP contribution >= 0.6 is 9.47 Å². The van der Waals surface area contributed by atoms with E-state index < -0.39 is 0 Å². The molecule has 0 aromatic rings. The van der Waals surface area contributed by atoms with E-state index in [1.807, 2.05) is 0 Å². The van der Waals surface area contributed by atoms with Crippen molar-refractivity contribution in [3.63, 3.8) is 0 Å². The Hall–Kier alpha value is -0.910. The van der Waals surface area contributed by atoms with E-state index in [0.717, 1.165) is 19.3 Å². The van der Waals surface area contributed by atoms with Gasteiger partial charge in [0.25, 0.3) is 0 Å². The van der Waals surface area contributed by atoms with E-state index in [9.17, 15) is 0 Å². The van der Waals surface area contributed by atoms with Gasteiger partial charge in [-0.3, -0.25) is 0 Å². The van der Waals surface area contributed by atoms with E-state index in [0.29, 0.717) is 5.92 Å². The Bertz CT molecular complexity index is 418. The molecule has 1 nitrogen and oxygen atoms in total. The Kier molecular flexibility index (Phi) is 18.7. The van der Waals surface area contributed by atoms with E-state index in [1.165, 1.54) is 32.1 Å². The summed E-state index contributed by atoms with van der Waals surface area (Å²) in [6, 6.07) is 0. The number of rotatable bonds is 15. The third kappa shape index (κ3) is 16.3. The minimum absolute atomic E-state index is 0.204. The highest BCUT2D eigenvalue weighted by Crippen LogP contribution is 2.16. The fourth-order valence-corrected chi connectivity index (χ4v) is 2.78. The average Bonchev–Trinajstić information content (AvgIpc) is 2.62. The Morgan fingerprint density at radius 2 is 1.60 bits per heavy atom. The molecule has 0 radical (unpaired) electrons. The first-order valence-electron chi connectivity index (χ1n) is 9.91. The highest BCUT2D eigenvalue weighted by atomic mass is 31.0. The molecule has 142 valence electrons. The summed E-state index contributed by atoms with van der Waals surface area (Å²) in [4.78, 5) is 0. The molecule has 0 fully saturated rings. The summed E-state index contributed by atoms with van der Waals surface area (Å²) >= 11 is 0. The van der Waals surface area contributed by atoms with Crippen LogP contribution in [0, 0.1) is 5.92 Å². The molecule has 0 amide bonds. The van der Waals surface area contributed by atoms with Gasteiger partial charge in [0.1, 0.15) is 0 Å². The minimum atomic E-state index is 0.204. The smallest absolute Gasteiger partial charge is 0.0705 e. The number of hydrogen-bond donors (Lipinski definition) is 0. The molecule has 0 saturated heterocycles. The van der Waals surface area contributed by atoms with Crippen molar-refractivity contribution in [1.82, 2.24) is 0 Å². The summed E-state index contributed by atoms with van der Waals surface area (Å²) < 4.78 is 5.54. The fraction of sp³-hybridized carbons (Fsp3) is 0.565. The summed E-state index contributed by atoms with van der Waals surface area (Å²) in [7, 11) is 2.41. The molecule has 0 aromatic heterocycles. The summed E-state index contributed by atoms with van der Waals surface area (Å²) in [5, 5.41) is 0. The van der Waals surface area contributed by atoms with Crippen LogP contribution in [0.1, 0.15) is 72.1 Å². The highest BCUT2D eigenvalue weighted by Gasteiger charge is 2.11. The Labute approximate surface area is 159 Å². The molecule has 0 N–H and O–H groups in total. The van der Waals surface area contributed by atoms with Crippen molar-refractivity contribution in [3.05, 3.63) is 60.8 Å². The van der Waals surface area contributed by atoms with Crippen molar-refractivity contribution >= 4 is 9.47 Å². The maximum atomic E-state index is 5.54. The van der Waals surface area contributed by atoms with Gasteiger partial charge >= 0.3 is 0 Å². The zero-order chi connectivity index (χ0) is 18.6. The Morgan fingerprint density at radius 1 is 0.840 bits per heavy atom. The van der Waals surface area contributed by atoms with E-state index in [1.54, 1.807) is 0 Å². The zero-order valence-electron chi connectivity index (χ0n) is 16.6. The lowest BCUT2D eigenvalue weighted by atomic mass is 10.0. The van der Waals surface area contributed by atoms with Crippen LogP contribution in [-0.4, -0.2) is 6.10 Å². The highest BCUT2D eigenvalue weighted by molar-refractivity contribution is 7.09. The topological polar surface area (TPSA) is 9.23 Å². The van der Waals surface area contributed by atoms with Crippen molar-refractivity contribution in [2.75, 3.05) is 0 Å². The fourth-order valence-electron chi connectivity index (χ4n) is 2.42.